The molecule has 0 aromatic carbocycles. The van der Waals surface area contributed by atoms with Crippen LogP contribution in [0, 0.1) is 13.8 Å². The van der Waals surface area contributed by atoms with Crippen LogP contribution in [0.4, 0.5) is 0 Å². The molecule has 6 heteroatoms. The highest BCUT2D eigenvalue weighted by atomic mass is 32.2. The summed E-state index contributed by atoms with van der Waals surface area (Å²) in [5.74, 6) is 0. The van der Waals surface area contributed by atoms with Crippen molar-refractivity contribution in [3.05, 3.63) is 15.8 Å². The molecule has 1 N–H and O–H groups in total. The van der Waals surface area contributed by atoms with E-state index in [-0.39, 0.29) is 6.04 Å². The third kappa shape index (κ3) is 3.56. The third-order valence-corrected chi connectivity index (χ3v) is 6.16. The molecule has 2 rings (SSSR count). The molecule has 1 aromatic heterocycles. The van der Waals surface area contributed by atoms with Crippen LogP contribution < -0.4 is 4.72 Å². The van der Waals surface area contributed by atoms with E-state index in [1.807, 2.05) is 13.8 Å². The molecule has 0 bridgehead atoms. The number of aryl methyl sites for hydroxylation is 2. The van der Waals surface area contributed by atoms with Gasteiger partial charge in [-0.1, -0.05) is 6.92 Å². The minimum atomic E-state index is -3.36. The van der Waals surface area contributed by atoms with Gasteiger partial charge in [0.05, 0.1) is 4.90 Å². The SMILES string of the molecule is CCCN1CCC(NS(=O)(=O)c2cc(C)sc2C)C1. The first-order valence-corrected chi connectivity index (χ1v) is 9.04. The Bertz CT molecular complexity index is 537. The van der Waals surface area contributed by atoms with Crippen molar-refractivity contribution >= 4 is 21.4 Å². The Morgan fingerprint density at radius 2 is 2.21 bits per heavy atom. The summed E-state index contributed by atoms with van der Waals surface area (Å²) in [4.78, 5) is 4.67. The fourth-order valence-corrected chi connectivity index (χ4v) is 5.42. The van der Waals surface area contributed by atoms with Crippen molar-refractivity contribution in [2.75, 3.05) is 19.6 Å². The molecule has 0 radical (unpaired) electrons. The van der Waals surface area contributed by atoms with E-state index in [1.54, 1.807) is 6.07 Å². The minimum absolute atomic E-state index is 0.0520. The zero-order valence-corrected chi connectivity index (χ0v) is 13.4. The van der Waals surface area contributed by atoms with E-state index in [2.05, 4.69) is 16.5 Å². The van der Waals surface area contributed by atoms with Crippen molar-refractivity contribution in [3.8, 4) is 0 Å². The van der Waals surface area contributed by atoms with Crippen molar-refractivity contribution in [1.29, 1.82) is 0 Å². The van der Waals surface area contributed by atoms with Gasteiger partial charge in [-0.3, -0.25) is 0 Å². The highest BCUT2D eigenvalue weighted by molar-refractivity contribution is 7.89. The number of hydrogen-bond acceptors (Lipinski definition) is 4. The highest BCUT2D eigenvalue weighted by Crippen LogP contribution is 2.25. The van der Waals surface area contributed by atoms with Gasteiger partial charge in [0.15, 0.2) is 0 Å². The van der Waals surface area contributed by atoms with E-state index in [1.165, 1.54) is 11.3 Å². The fraction of sp³-hybridized carbons (Fsp3) is 0.692. The summed E-state index contributed by atoms with van der Waals surface area (Å²) in [6.45, 7) is 8.82. The van der Waals surface area contributed by atoms with E-state index in [0.717, 1.165) is 42.2 Å². The van der Waals surface area contributed by atoms with Gasteiger partial charge in [0.2, 0.25) is 10.0 Å². The van der Waals surface area contributed by atoms with Gasteiger partial charge in [-0.25, -0.2) is 13.1 Å². The Balaban J connectivity index is 2.05. The monoisotopic (exact) mass is 302 g/mol. The summed E-state index contributed by atoms with van der Waals surface area (Å²) < 4.78 is 27.6. The summed E-state index contributed by atoms with van der Waals surface area (Å²) in [7, 11) is -3.36. The number of likely N-dealkylation sites (tertiary alicyclic amines) is 1. The van der Waals surface area contributed by atoms with Crippen LogP contribution in [0.3, 0.4) is 0 Å². The van der Waals surface area contributed by atoms with Crippen LogP contribution in [-0.4, -0.2) is 39.0 Å². The van der Waals surface area contributed by atoms with Gasteiger partial charge in [-0.2, -0.15) is 0 Å². The van der Waals surface area contributed by atoms with Gasteiger partial charge in [0, 0.05) is 22.3 Å². The standard InChI is InChI=1S/C13H22N2O2S2/c1-4-6-15-7-5-12(9-15)14-19(16,17)13-8-10(2)18-11(13)3/h8,12,14H,4-7,9H2,1-3H3. The summed E-state index contributed by atoms with van der Waals surface area (Å²) >= 11 is 1.53. The number of nitrogens with one attached hydrogen (secondary N) is 1. The second kappa shape index (κ2) is 5.91. The number of rotatable bonds is 5. The lowest BCUT2D eigenvalue weighted by Gasteiger charge is -2.15. The Morgan fingerprint density at radius 1 is 1.47 bits per heavy atom. The maximum Gasteiger partial charge on any atom is 0.241 e. The fourth-order valence-electron chi connectivity index (χ4n) is 2.61. The molecular weight excluding hydrogens is 280 g/mol. The number of thiophene rings is 1. The Labute approximate surface area is 119 Å². The first-order valence-electron chi connectivity index (χ1n) is 6.74. The predicted molar refractivity (Wildman–Crippen MR) is 79.3 cm³/mol. The predicted octanol–water partition coefficient (Wildman–Crippen LogP) is 2.13. The largest absolute Gasteiger partial charge is 0.302 e. The second-order valence-corrected chi connectivity index (χ2v) is 8.33. The van der Waals surface area contributed by atoms with E-state index < -0.39 is 10.0 Å². The Kier molecular flexibility index (Phi) is 4.66. The van der Waals surface area contributed by atoms with Crippen LogP contribution in [-0.2, 0) is 10.0 Å². The maximum atomic E-state index is 12.4. The summed E-state index contributed by atoms with van der Waals surface area (Å²) in [6.07, 6.45) is 2.02. The number of hydrogen-bond donors (Lipinski definition) is 1. The average Bonchev–Trinajstić information content (AvgIpc) is 2.86. The smallest absolute Gasteiger partial charge is 0.241 e. The van der Waals surface area contributed by atoms with Gasteiger partial charge in [-0.15, -0.1) is 11.3 Å². The molecule has 1 atom stereocenters. The second-order valence-electron chi connectivity index (χ2n) is 5.18. The van der Waals surface area contributed by atoms with Crippen LogP contribution in [0.15, 0.2) is 11.0 Å². The Morgan fingerprint density at radius 3 is 2.79 bits per heavy atom. The van der Waals surface area contributed by atoms with Crippen LogP contribution in [0.1, 0.15) is 29.5 Å². The summed E-state index contributed by atoms with van der Waals surface area (Å²) in [6, 6.07) is 1.82. The lowest BCUT2D eigenvalue weighted by molar-refractivity contribution is 0.333. The van der Waals surface area contributed by atoms with E-state index in [4.69, 9.17) is 0 Å². The van der Waals surface area contributed by atoms with Crippen molar-refractivity contribution < 1.29 is 8.42 Å². The number of sulfonamides is 1. The molecule has 4 nitrogen and oxygen atoms in total. The van der Waals surface area contributed by atoms with E-state index >= 15 is 0 Å². The summed E-state index contributed by atoms with van der Waals surface area (Å²) in [5, 5.41) is 0. The van der Waals surface area contributed by atoms with Gasteiger partial charge in [-0.05, 0) is 45.8 Å². The minimum Gasteiger partial charge on any atom is -0.302 e. The maximum absolute atomic E-state index is 12.4. The van der Waals surface area contributed by atoms with Gasteiger partial charge in [0.25, 0.3) is 0 Å². The van der Waals surface area contributed by atoms with E-state index in [9.17, 15) is 8.42 Å². The topological polar surface area (TPSA) is 49.4 Å². The molecule has 19 heavy (non-hydrogen) atoms. The molecule has 108 valence electrons. The van der Waals surface area contributed by atoms with Crippen LogP contribution >= 0.6 is 11.3 Å². The van der Waals surface area contributed by atoms with Crippen LogP contribution in [0.5, 0.6) is 0 Å². The zero-order valence-electron chi connectivity index (χ0n) is 11.8. The quantitative estimate of drug-likeness (QED) is 0.906. The van der Waals surface area contributed by atoms with Crippen LogP contribution in [0.2, 0.25) is 0 Å². The molecule has 1 fully saturated rings. The normalized spacial score (nSPS) is 21.1. The first-order chi connectivity index (χ1) is 8.92. The summed E-state index contributed by atoms with van der Waals surface area (Å²) in [5.41, 5.74) is 0. The molecule has 0 saturated carbocycles. The Hall–Kier alpha value is -0.430. The highest BCUT2D eigenvalue weighted by Gasteiger charge is 2.28. The molecule has 0 spiro atoms. The third-order valence-electron chi connectivity index (χ3n) is 3.42. The molecule has 1 aliphatic rings. The molecule has 1 unspecified atom stereocenters. The molecule has 2 heterocycles. The van der Waals surface area contributed by atoms with Gasteiger partial charge in [0.1, 0.15) is 0 Å². The molecule has 0 amide bonds. The lowest BCUT2D eigenvalue weighted by Crippen LogP contribution is -2.37. The molecular formula is C13H22N2O2S2. The van der Waals surface area contributed by atoms with Gasteiger partial charge >= 0.3 is 0 Å². The zero-order chi connectivity index (χ0) is 14.0. The molecule has 1 aliphatic heterocycles. The van der Waals surface area contributed by atoms with Crippen molar-refractivity contribution in [2.24, 2.45) is 0 Å². The first kappa shape index (κ1) is 15.0. The van der Waals surface area contributed by atoms with Crippen molar-refractivity contribution in [3.63, 3.8) is 0 Å². The average molecular weight is 302 g/mol. The van der Waals surface area contributed by atoms with Gasteiger partial charge < -0.3 is 4.90 Å². The van der Waals surface area contributed by atoms with Crippen molar-refractivity contribution in [1.82, 2.24) is 9.62 Å². The molecule has 1 aromatic rings. The van der Waals surface area contributed by atoms with Crippen LogP contribution in [0.25, 0.3) is 0 Å². The number of nitrogens with zero attached hydrogens (tertiary/aromatic N) is 1. The van der Waals surface area contributed by atoms with Crippen molar-refractivity contribution in [2.45, 2.75) is 44.6 Å². The molecule has 1 saturated heterocycles. The lowest BCUT2D eigenvalue weighted by atomic mass is 10.3. The molecule has 0 aliphatic carbocycles. The van der Waals surface area contributed by atoms with E-state index in [0.29, 0.717) is 4.90 Å².